The Morgan fingerprint density at radius 1 is 1.13 bits per heavy atom. The summed E-state index contributed by atoms with van der Waals surface area (Å²) >= 11 is 0. The Bertz CT molecular complexity index is 908. The molecular formula is C24H30O6. The predicted molar refractivity (Wildman–Crippen MR) is 113 cm³/mol. The van der Waals surface area contributed by atoms with Gasteiger partial charge in [-0.05, 0) is 37.8 Å². The largest absolute Gasteiger partial charge is 0.496 e. The average molecular weight is 414 g/mol. The van der Waals surface area contributed by atoms with Gasteiger partial charge < -0.3 is 24.1 Å². The number of benzene rings is 2. The van der Waals surface area contributed by atoms with E-state index in [2.05, 4.69) is 0 Å². The van der Waals surface area contributed by atoms with Crippen LogP contribution >= 0.6 is 0 Å². The minimum atomic E-state index is -1.09. The minimum absolute atomic E-state index is 0.321. The van der Waals surface area contributed by atoms with Crippen molar-refractivity contribution in [1.29, 1.82) is 0 Å². The Morgan fingerprint density at radius 3 is 2.40 bits per heavy atom. The zero-order valence-corrected chi connectivity index (χ0v) is 18.3. The first-order valence-electron chi connectivity index (χ1n) is 10.0. The molecule has 6 heteroatoms. The molecule has 162 valence electrons. The van der Waals surface area contributed by atoms with Gasteiger partial charge in [0.25, 0.3) is 0 Å². The van der Waals surface area contributed by atoms with E-state index in [4.69, 9.17) is 18.9 Å². The normalized spacial score (nSPS) is 20.0. The van der Waals surface area contributed by atoms with Gasteiger partial charge in [0.2, 0.25) is 0 Å². The van der Waals surface area contributed by atoms with Crippen LogP contribution in [0, 0.1) is 12.3 Å². The lowest BCUT2D eigenvalue weighted by Gasteiger charge is -2.25. The molecule has 6 nitrogen and oxygen atoms in total. The molecule has 3 rings (SSSR count). The van der Waals surface area contributed by atoms with Crippen LogP contribution in [-0.2, 0) is 33.7 Å². The van der Waals surface area contributed by atoms with Gasteiger partial charge in [0.1, 0.15) is 11.5 Å². The second-order valence-electron chi connectivity index (χ2n) is 7.84. The number of methoxy groups -OCH3 is 3. The Morgan fingerprint density at radius 2 is 1.80 bits per heavy atom. The van der Waals surface area contributed by atoms with Crippen molar-refractivity contribution in [3.05, 3.63) is 58.1 Å². The average Bonchev–Trinajstić information content (AvgIpc) is 3.03. The van der Waals surface area contributed by atoms with Crippen LogP contribution in [0.4, 0.5) is 0 Å². The maximum Gasteiger partial charge on any atom is 0.314 e. The SMILES string of the molecule is COC(=O)[C@@]1(C)Cc2c(OC)c(C)c(CCOCc3ccccc3)c(OC)c2[C@H]1O. The fourth-order valence-corrected chi connectivity index (χ4v) is 4.37. The fourth-order valence-electron chi connectivity index (χ4n) is 4.37. The zero-order valence-electron chi connectivity index (χ0n) is 18.3. The summed E-state index contributed by atoms with van der Waals surface area (Å²) in [5, 5.41) is 11.1. The van der Waals surface area contributed by atoms with Gasteiger partial charge in [-0.25, -0.2) is 0 Å². The molecule has 1 N–H and O–H groups in total. The van der Waals surface area contributed by atoms with Gasteiger partial charge >= 0.3 is 5.97 Å². The molecule has 1 aliphatic carbocycles. The minimum Gasteiger partial charge on any atom is -0.496 e. The molecule has 0 saturated carbocycles. The van der Waals surface area contributed by atoms with Crippen molar-refractivity contribution in [2.75, 3.05) is 27.9 Å². The van der Waals surface area contributed by atoms with Crippen molar-refractivity contribution in [2.45, 2.75) is 39.4 Å². The molecule has 0 spiro atoms. The number of carbonyl (C=O) groups excluding carboxylic acids is 1. The summed E-state index contributed by atoms with van der Waals surface area (Å²) in [6.07, 6.45) is -0.137. The maximum atomic E-state index is 12.4. The van der Waals surface area contributed by atoms with E-state index in [9.17, 15) is 9.90 Å². The van der Waals surface area contributed by atoms with Crippen LogP contribution in [0.1, 0.15) is 40.8 Å². The molecule has 0 bridgehead atoms. The molecule has 30 heavy (non-hydrogen) atoms. The summed E-state index contributed by atoms with van der Waals surface area (Å²) in [5.41, 5.74) is 3.25. The molecule has 0 amide bonds. The third kappa shape index (κ3) is 3.77. The number of esters is 1. The summed E-state index contributed by atoms with van der Waals surface area (Å²) in [4.78, 5) is 12.4. The van der Waals surface area contributed by atoms with Crippen LogP contribution in [0.15, 0.2) is 30.3 Å². The summed E-state index contributed by atoms with van der Waals surface area (Å²) in [7, 11) is 4.51. The number of aliphatic hydroxyl groups is 1. The van der Waals surface area contributed by atoms with Gasteiger partial charge in [-0.2, -0.15) is 0 Å². The van der Waals surface area contributed by atoms with Crippen molar-refractivity contribution >= 4 is 5.97 Å². The molecule has 0 fully saturated rings. The third-order valence-corrected chi connectivity index (χ3v) is 6.00. The van der Waals surface area contributed by atoms with Crippen molar-refractivity contribution in [3.63, 3.8) is 0 Å². The van der Waals surface area contributed by atoms with E-state index in [1.54, 1.807) is 21.1 Å². The van der Waals surface area contributed by atoms with Crippen molar-refractivity contribution < 1.29 is 28.8 Å². The van der Waals surface area contributed by atoms with Crippen LogP contribution in [-0.4, -0.2) is 39.0 Å². The van der Waals surface area contributed by atoms with Crippen LogP contribution in [0.3, 0.4) is 0 Å². The first kappa shape index (κ1) is 22.1. The van der Waals surface area contributed by atoms with Gasteiger partial charge in [-0.3, -0.25) is 4.79 Å². The number of ether oxygens (including phenoxy) is 4. The summed E-state index contributed by atoms with van der Waals surface area (Å²) in [6.45, 7) is 4.68. The van der Waals surface area contributed by atoms with Gasteiger partial charge in [0.05, 0.1) is 46.1 Å². The van der Waals surface area contributed by atoms with Crippen LogP contribution in [0.2, 0.25) is 0 Å². The molecular weight excluding hydrogens is 384 g/mol. The number of hydrogen-bond acceptors (Lipinski definition) is 6. The topological polar surface area (TPSA) is 74.2 Å². The quantitative estimate of drug-likeness (QED) is 0.526. The highest BCUT2D eigenvalue weighted by Crippen LogP contribution is 2.55. The lowest BCUT2D eigenvalue weighted by atomic mass is 9.85. The number of aliphatic hydroxyl groups excluding tert-OH is 1. The van der Waals surface area contributed by atoms with Crippen LogP contribution in [0.5, 0.6) is 11.5 Å². The maximum absolute atomic E-state index is 12.4. The second-order valence-corrected chi connectivity index (χ2v) is 7.84. The van der Waals surface area contributed by atoms with Crippen molar-refractivity contribution in [1.82, 2.24) is 0 Å². The highest BCUT2D eigenvalue weighted by Gasteiger charge is 2.52. The number of rotatable bonds is 8. The lowest BCUT2D eigenvalue weighted by molar-refractivity contribution is -0.158. The first-order chi connectivity index (χ1) is 14.4. The van der Waals surface area contributed by atoms with E-state index >= 15 is 0 Å². The number of hydrogen-bond donors (Lipinski definition) is 1. The van der Waals surface area contributed by atoms with E-state index in [0.29, 0.717) is 43.1 Å². The van der Waals surface area contributed by atoms with E-state index in [1.165, 1.54) is 7.11 Å². The highest BCUT2D eigenvalue weighted by molar-refractivity contribution is 5.81. The molecule has 0 radical (unpaired) electrons. The standard InChI is InChI=1S/C24H30O6/c1-15-17(11-12-30-14-16-9-7-6-8-10-16)21(28-4)19-18(20(15)27-3)13-24(2,22(19)25)23(26)29-5/h6-10,22,25H,11-14H2,1-5H3/t22-,24+/m1/s1. The Balaban J connectivity index is 1.91. The number of fused-ring (bicyclic) bond motifs is 1. The predicted octanol–water partition coefficient (Wildman–Crippen LogP) is 3.54. The second kappa shape index (κ2) is 9.06. The summed E-state index contributed by atoms with van der Waals surface area (Å²) in [6, 6.07) is 9.98. The monoisotopic (exact) mass is 414 g/mol. The van der Waals surface area contributed by atoms with E-state index in [1.807, 2.05) is 37.3 Å². The Labute approximate surface area is 177 Å². The van der Waals surface area contributed by atoms with E-state index in [0.717, 1.165) is 22.3 Å². The Hall–Kier alpha value is -2.57. The molecule has 0 unspecified atom stereocenters. The van der Waals surface area contributed by atoms with E-state index < -0.39 is 17.5 Å². The van der Waals surface area contributed by atoms with Crippen molar-refractivity contribution in [2.24, 2.45) is 5.41 Å². The molecule has 2 aromatic carbocycles. The smallest absolute Gasteiger partial charge is 0.314 e. The van der Waals surface area contributed by atoms with Crippen LogP contribution in [0.25, 0.3) is 0 Å². The van der Waals surface area contributed by atoms with E-state index in [-0.39, 0.29) is 0 Å². The van der Waals surface area contributed by atoms with Gasteiger partial charge in [0, 0.05) is 16.7 Å². The molecule has 0 saturated heterocycles. The van der Waals surface area contributed by atoms with Crippen LogP contribution < -0.4 is 9.47 Å². The van der Waals surface area contributed by atoms with Gasteiger partial charge in [-0.15, -0.1) is 0 Å². The molecule has 2 aromatic rings. The fraction of sp³-hybridized carbons (Fsp3) is 0.458. The zero-order chi connectivity index (χ0) is 21.9. The number of carbonyl (C=O) groups is 1. The molecule has 1 aliphatic rings. The van der Waals surface area contributed by atoms with Gasteiger partial charge in [-0.1, -0.05) is 30.3 Å². The molecule has 0 heterocycles. The highest BCUT2D eigenvalue weighted by atomic mass is 16.5. The Kier molecular flexibility index (Phi) is 6.68. The summed E-state index contributed by atoms with van der Waals surface area (Å²) in [5.74, 6) is 0.808. The van der Waals surface area contributed by atoms with Gasteiger partial charge in [0.15, 0.2) is 0 Å². The van der Waals surface area contributed by atoms with Crippen molar-refractivity contribution in [3.8, 4) is 11.5 Å². The molecule has 2 atom stereocenters. The molecule has 0 aliphatic heterocycles. The summed E-state index contributed by atoms with van der Waals surface area (Å²) < 4.78 is 22.3. The third-order valence-electron chi connectivity index (χ3n) is 6.00. The first-order valence-corrected chi connectivity index (χ1v) is 10.0. The molecule has 0 aromatic heterocycles. The lowest BCUT2D eigenvalue weighted by Crippen LogP contribution is -2.33.